The molecule has 1 aromatic carbocycles. The molecule has 0 radical (unpaired) electrons. The zero-order valence-corrected chi connectivity index (χ0v) is 16.4. The summed E-state index contributed by atoms with van der Waals surface area (Å²) in [5.41, 5.74) is 0.483. The highest BCUT2D eigenvalue weighted by atomic mass is 35.5. The van der Waals surface area contributed by atoms with Gasteiger partial charge in [-0.1, -0.05) is 17.7 Å². The number of aromatic nitrogens is 2. The van der Waals surface area contributed by atoms with Crippen LogP contribution in [0.3, 0.4) is 0 Å². The van der Waals surface area contributed by atoms with E-state index < -0.39 is 5.82 Å². The van der Waals surface area contributed by atoms with Crippen molar-refractivity contribution in [1.29, 1.82) is 0 Å². The molecule has 5 nitrogen and oxygen atoms in total. The van der Waals surface area contributed by atoms with Crippen LogP contribution in [-0.2, 0) is 17.9 Å². The average Bonchev–Trinajstić information content (AvgIpc) is 3.06. The quantitative estimate of drug-likeness (QED) is 0.649. The third kappa shape index (κ3) is 4.43. The number of hydrogen-bond acceptors (Lipinski definition) is 4. The number of hydrogen-bond donors (Lipinski definition) is 0. The third-order valence-electron chi connectivity index (χ3n) is 4.03. The SMILES string of the molecule is Cc1ccc(-c2ccc(=O)n(CC(=O)N(C)Cc3c(F)cccc3Cl)n2)s1. The molecule has 0 atom stereocenters. The molecule has 0 spiro atoms. The Balaban J connectivity index is 1.78. The van der Waals surface area contributed by atoms with Crippen LogP contribution < -0.4 is 5.56 Å². The summed E-state index contributed by atoms with van der Waals surface area (Å²) in [6.45, 7) is 1.75. The maximum absolute atomic E-state index is 13.9. The Bertz CT molecular complexity index is 1030. The molecule has 3 aromatic rings. The van der Waals surface area contributed by atoms with E-state index in [1.807, 2.05) is 19.1 Å². The second-order valence-electron chi connectivity index (χ2n) is 6.07. The molecule has 2 heterocycles. The highest BCUT2D eigenvalue weighted by molar-refractivity contribution is 7.15. The molecule has 0 unspecified atom stereocenters. The number of benzene rings is 1. The van der Waals surface area contributed by atoms with Gasteiger partial charge in [-0.3, -0.25) is 9.59 Å². The van der Waals surface area contributed by atoms with Crippen LogP contribution in [-0.4, -0.2) is 27.6 Å². The summed E-state index contributed by atoms with van der Waals surface area (Å²) in [6, 6.07) is 11.3. The van der Waals surface area contributed by atoms with Gasteiger partial charge in [0.05, 0.1) is 4.88 Å². The molecule has 0 fully saturated rings. The van der Waals surface area contributed by atoms with E-state index in [9.17, 15) is 14.0 Å². The van der Waals surface area contributed by atoms with Gasteiger partial charge in [0.2, 0.25) is 5.91 Å². The summed E-state index contributed by atoms with van der Waals surface area (Å²) in [5, 5.41) is 4.54. The average molecular weight is 406 g/mol. The first-order chi connectivity index (χ1) is 12.8. The molecule has 0 saturated heterocycles. The van der Waals surface area contributed by atoms with E-state index >= 15 is 0 Å². The van der Waals surface area contributed by atoms with Crippen LogP contribution in [0, 0.1) is 12.7 Å². The fourth-order valence-electron chi connectivity index (χ4n) is 2.52. The number of nitrogens with zero attached hydrogens (tertiary/aromatic N) is 3. The first-order valence-corrected chi connectivity index (χ1v) is 9.36. The molecule has 0 aliphatic rings. The number of carbonyl (C=O) groups excluding carboxylic acids is 1. The van der Waals surface area contributed by atoms with Gasteiger partial charge in [-0.2, -0.15) is 5.10 Å². The monoisotopic (exact) mass is 405 g/mol. The lowest BCUT2D eigenvalue weighted by Crippen LogP contribution is -2.34. The number of halogens is 2. The van der Waals surface area contributed by atoms with E-state index in [0.29, 0.717) is 5.69 Å². The topological polar surface area (TPSA) is 55.2 Å². The third-order valence-corrected chi connectivity index (χ3v) is 5.40. The van der Waals surface area contributed by atoms with Crippen molar-refractivity contribution >= 4 is 28.8 Å². The Morgan fingerprint density at radius 1 is 1.26 bits per heavy atom. The molecule has 2 aromatic heterocycles. The minimum atomic E-state index is -0.479. The number of amides is 1. The lowest BCUT2D eigenvalue weighted by molar-refractivity contribution is -0.131. The molecule has 0 bridgehead atoms. The van der Waals surface area contributed by atoms with Gasteiger partial charge < -0.3 is 4.90 Å². The van der Waals surface area contributed by atoms with Crippen LogP contribution in [0.5, 0.6) is 0 Å². The van der Waals surface area contributed by atoms with Gasteiger partial charge in [0.25, 0.3) is 5.56 Å². The number of rotatable bonds is 5. The number of aryl methyl sites for hydroxylation is 1. The number of likely N-dealkylation sites (N-methyl/N-ethyl adjacent to an activating group) is 1. The van der Waals surface area contributed by atoms with Crippen LogP contribution in [0.25, 0.3) is 10.6 Å². The minimum absolute atomic E-state index is 0.00288. The highest BCUT2D eigenvalue weighted by Gasteiger charge is 2.16. The first-order valence-electron chi connectivity index (χ1n) is 8.17. The van der Waals surface area contributed by atoms with Crippen LogP contribution in [0.1, 0.15) is 10.4 Å². The normalized spacial score (nSPS) is 10.8. The molecule has 1 amide bonds. The summed E-state index contributed by atoms with van der Waals surface area (Å²) in [7, 11) is 1.53. The summed E-state index contributed by atoms with van der Waals surface area (Å²) in [5.74, 6) is -0.851. The van der Waals surface area contributed by atoms with Crippen molar-refractivity contribution in [2.24, 2.45) is 0 Å². The maximum Gasteiger partial charge on any atom is 0.267 e. The molecule has 0 aliphatic heterocycles. The summed E-state index contributed by atoms with van der Waals surface area (Å²) in [4.78, 5) is 28.0. The smallest absolute Gasteiger partial charge is 0.267 e. The fraction of sp³-hybridized carbons (Fsp3) is 0.211. The van der Waals surface area contributed by atoms with Gasteiger partial charge in [0.1, 0.15) is 18.1 Å². The van der Waals surface area contributed by atoms with E-state index in [2.05, 4.69) is 5.10 Å². The van der Waals surface area contributed by atoms with Gasteiger partial charge in [-0.15, -0.1) is 11.3 Å². The van der Waals surface area contributed by atoms with Gasteiger partial charge in [-0.25, -0.2) is 9.07 Å². The Kier molecular flexibility index (Phi) is 5.72. The van der Waals surface area contributed by atoms with Crippen LogP contribution in [0.2, 0.25) is 5.02 Å². The predicted octanol–water partition coefficient (Wildman–Crippen LogP) is 3.73. The molecular weight excluding hydrogens is 389 g/mol. The lowest BCUT2D eigenvalue weighted by atomic mass is 10.2. The summed E-state index contributed by atoms with van der Waals surface area (Å²) >= 11 is 7.57. The highest BCUT2D eigenvalue weighted by Crippen LogP contribution is 2.25. The number of thiophene rings is 1. The zero-order chi connectivity index (χ0) is 19.6. The van der Waals surface area contributed by atoms with Crippen molar-refractivity contribution in [3.05, 3.63) is 74.1 Å². The second kappa shape index (κ2) is 8.02. The lowest BCUT2D eigenvalue weighted by Gasteiger charge is -2.18. The number of carbonyl (C=O) groups is 1. The molecule has 0 N–H and O–H groups in total. The van der Waals surface area contributed by atoms with E-state index in [1.54, 1.807) is 23.5 Å². The predicted molar refractivity (Wildman–Crippen MR) is 104 cm³/mol. The fourth-order valence-corrected chi connectivity index (χ4v) is 3.58. The molecule has 0 saturated carbocycles. The van der Waals surface area contributed by atoms with Crippen molar-refractivity contribution in [3.63, 3.8) is 0 Å². The van der Waals surface area contributed by atoms with Gasteiger partial charge in [-0.05, 0) is 37.3 Å². The minimum Gasteiger partial charge on any atom is -0.340 e. The van der Waals surface area contributed by atoms with Gasteiger partial charge in [0, 0.05) is 35.1 Å². The Morgan fingerprint density at radius 3 is 2.70 bits per heavy atom. The maximum atomic E-state index is 13.9. The van der Waals surface area contributed by atoms with Gasteiger partial charge in [0.15, 0.2) is 0 Å². The summed E-state index contributed by atoms with van der Waals surface area (Å²) < 4.78 is 15.0. The summed E-state index contributed by atoms with van der Waals surface area (Å²) in [6.07, 6.45) is 0. The van der Waals surface area contributed by atoms with Crippen LogP contribution >= 0.6 is 22.9 Å². The van der Waals surface area contributed by atoms with E-state index in [0.717, 1.165) is 14.4 Å². The van der Waals surface area contributed by atoms with E-state index in [-0.39, 0.29) is 35.1 Å². The molecule has 27 heavy (non-hydrogen) atoms. The second-order valence-corrected chi connectivity index (χ2v) is 7.77. The van der Waals surface area contributed by atoms with Crippen molar-refractivity contribution in [2.45, 2.75) is 20.0 Å². The Labute approximate surface area is 164 Å². The molecular formula is C19H17ClFN3O2S. The van der Waals surface area contributed by atoms with Crippen molar-refractivity contribution in [1.82, 2.24) is 14.7 Å². The first kappa shape index (κ1) is 19.3. The standard InChI is InChI=1S/C19H17ClFN3O2S/c1-12-6-8-17(27-12)16-7-9-18(25)24(22-16)11-19(26)23(2)10-13-14(20)4-3-5-15(13)21/h3-9H,10-11H2,1-2H3. The van der Waals surface area contributed by atoms with E-state index in [1.165, 1.54) is 30.1 Å². The van der Waals surface area contributed by atoms with Crippen molar-refractivity contribution in [3.8, 4) is 10.6 Å². The van der Waals surface area contributed by atoms with Crippen molar-refractivity contribution in [2.75, 3.05) is 7.05 Å². The van der Waals surface area contributed by atoms with E-state index in [4.69, 9.17) is 11.6 Å². The largest absolute Gasteiger partial charge is 0.340 e. The Morgan fingerprint density at radius 2 is 2.04 bits per heavy atom. The van der Waals surface area contributed by atoms with Crippen molar-refractivity contribution < 1.29 is 9.18 Å². The van der Waals surface area contributed by atoms with Crippen LogP contribution in [0.4, 0.5) is 4.39 Å². The molecule has 8 heteroatoms. The van der Waals surface area contributed by atoms with Crippen LogP contribution in [0.15, 0.2) is 47.3 Å². The Hall–Kier alpha value is -2.51. The molecule has 3 rings (SSSR count). The van der Waals surface area contributed by atoms with Gasteiger partial charge >= 0.3 is 0 Å². The molecule has 0 aliphatic carbocycles. The molecule has 140 valence electrons. The zero-order valence-electron chi connectivity index (χ0n) is 14.8.